The zero-order chi connectivity index (χ0) is 14.0. The second kappa shape index (κ2) is 5.14. The first-order valence-electron chi connectivity index (χ1n) is 5.71. The normalized spacial score (nSPS) is 10.3. The van der Waals surface area contributed by atoms with Crippen LogP contribution in [0.5, 0.6) is 11.5 Å². The number of hydrogen-bond acceptors (Lipinski definition) is 4. The van der Waals surface area contributed by atoms with Crippen LogP contribution in [0.1, 0.15) is 5.69 Å². The summed E-state index contributed by atoms with van der Waals surface area (Å²) in [6.45, 7) is 1.79. The van der Waals surface area contributed by atoms with Crippen molar-refractivity contribution in [2.24, 2.45) is 0 Å². The number of halogens is 1. The molecule has 0 fully saturated rings. The van der Waals surface area contributed by atoms with E-state index in [1.54, 1.807) is 26.2 Å². The molecule has 1 aromatic heterocycles. The number of methoxy groups -OCH3 is 2. The zero-order valence-corrected chi connectivity index (χ0v) is 11.0. The lowest BCUT2D eigenvalue weighted by Gasteiger charge is -2.13. The van der Waals surface area contributed by atoms with Gasteiger partial charge < -0.3 is 15.2 Å². The number of aromatic nitrogens is 1. The standard InChI is InChI=1S/C14H15FN2O2/c1-8-13(19-3)7-11(14(16)17-8)10-6-9(15)4-5-12(10)18-2/h4-7H,1-3H3,(H2,16,17). The summed E-state index contributed by atoms with van der Waals surface area (Å²) in [6.07, 6.45) is 0. The Hall–Kier alpha value is -2.30. The van der Waals surface area contributed by atoms with Crippen molar-refractivity contribution < 1.29 is 13.9 Å². The summed E-state index contributed by atoms with van der Waals surface area (Å²) in [5.41, 5.74) is 7.72. The van der Waals surface area contributed by atoms with Crippen LogP contribution in [-0.2, 0) is 0 Å². The minimum Gasteiger partial charge on any atom is -0.496 e. The van der Waals surface area contributed by atoms with E-state index in [1.165, 1.54) is 19.2 Å². The third-order valence-electron chi connectivity index (χ3n) is 2.87. The number of nitrogen functional groups attached to an aromatic ring is 1. The van der Waals surface area contributed by atoms with Crippen LogP contribution in [0.3, 0.4) is 0 Å². The van der Waals surface area contributed by atoms with Crippen molar-refractivity contribution in [2.75, 3.05) is 20.0 Å². The van der Waals surface area contributed by atoms with Gasteiger partial charge in [-0.2, -0.15) is 0 Å². The highest BCUT2D eigenvalue weighted by Gasteiger charge is 2.14. The Kier molecular flexibility index (Phi) is 3.55. The predicted octanol–water partition coefficient (Wildman–Crippen LogP) is 2.80. The molecule has 2 rings (SSSR count). The highest BCUT2D eigenvalue weighted by atomic mass is 19.1. The Morgan fingerprint density at radius 2 is 1.74 bits per heavy atom. The largest absolute Gasteiger partial charge is 0.496 e. The third kappa shape index (κ3) is 2.45. The second-order valence-electron chi connectivity index (χ2n) is 4.05. The molecule has 2 aromatic rings. The van der Waals surface area contributed by atoms with Gasteiger partial charge >= 0.3 is 0 Å². The van der Waals surface area contributed by atoms with Crippen molar-refractivity contribution >= 4 is 5.82 Å². The Labute approximate surface area is 111 Å². The molecule has 0 radical (unpaired) electrons. The van der Waals surface area contributed by atoms with Gasteiger partial charge in [0, 0.05) is 11.1 Å². The highest BCUT2D eigenvalue weighted by Crippen LogP contribution is 2.36. The number of ether oxygens (including phenoxy) is 2. The smallest absolute Gasteiger partial charge is 0.140 e. The molecule has 4 nitrogen and oxygen atoms in total. The highest BCUT2D eigenvalue weighted by molar-refractivity contribution is 5.79. The molecular weight excluding hydrogens is 247 g/mol. The molecule has 0 saturated heterocycles. The van der Waals surface area contributed by atoms with E-state index in [0.717, 1.165) is 0 Å². The quantitative estimate of drug-likeness (QED) is 0.924. The summed E-state index contributed by atoms with van der Waals surface area (Å²) in [4.78, 5) is 4.20. The van der Waals surface area contributed by atoms with Gasteiger partial charge in [0.05, 0.1) is 19.9 Å². The predicted molar refractivity (Wildman–Crippen MR) is 71.9 cm³/mol. The summed E-state index contributed by atoms with van der Waals surface area (Å²) in [5, 5.41) is 0. The monoisotopic (exact) mass is 262 g/mol. The van der Waals surface area contributed by atoms with E-state index in [9.17, 15) is 4.39 Å². The summed E-state index contributed by atoms with van der Waals surface area (Å²) in [5.74, 6) is 1.06. The maximum Gasteiger partial charge on any atom is 0.140 e. The van der Waals surface area contributed by atoms with Gasteiger partial charge in [0.2, 0.25) is 0 Å². The molecule has 0 aliphatic rings. The van der Waals surface area contributed by atoms with Crippen LogP contribution in [0.4, 0.5) is 10.2 Å². The maximum atomic E-state index is 13.4. The lowest BCUT2D eigenvalue weighted by molar-refractivity contribution is 0.409. The summed E-state index contributed by atoms with van der Waals surface area (Å²) in [7, 11) is 3.07. The van der Waals surface area contributed by atoms with Gasteiger partial charge in [0.25, 0.3) is 0 Å². The van der Waals surface area contributed by atoms with E-state index in [-0.39, 0.29) is 5.82 Å². The van der Waals surface area contributed by atoms with E-state index in [1.807, 2.05) is 0 Å². The molecule has 1 heterocycles. The Morgan fingerprint density at radius 3 is 2.37 bits per heavy atom. The lowest BCUT2D eigenvalue weighted by atomic mass is 10.0. The average Bonchev–Trinajstić information content (AvgIpc) is 2.39. The number of pyridine rings is 1. The van der Waals surface area contributed by atoms with Crippen LogP contribution in [0.15, 0.2) is 24.3 Å². The van der Waals surface area contributed by atoms with Gasteiger partial charge in [-0.1, -0.05) is 0 Å². The van der Waals surface area contributed by atoms with Crippen LogP contribution in [0, 0.1) is 12.7 Å². The minimum atomic E-state index is -0.366. The van der Waals surface area contributed by atoms with Crippen molar-refractivity contribution in [1.29, 1.82) is 0 Å². The number of anilines is 1. The fourth-order valence-corrected chi connectivity index (χ4v) is 1.92. The van der Waals surface area contributed by atoms with E-state index >= 15 is 0 Å². The minimum absolute atomic E-state index is 0.308. The number of hydrogen-bond donors (Lipinski definition) is 1. The van der Waals surface area contributed by atoms with Crippen LogP contribution in [-0.4, -0.2) is 19.2 Å². The first-order valence-corrected chi connectivity index (χ1v) is 5.71. The molecule has 0 atom stereocenters. The Morgan fingerprint density at radius 1 is 1.05 bits per heavy atom. The molecule has 1 aromatic carbocycles. The second-order valence-corrected chi connectivity index (χ2v) is 4.05. The molecule has 0 bridgehead atoms. The number of nitrogens with two attached hydrogens (primary N) is 1. The van der Waals surface area contributed by atoms with Gasteiger partial charge in [-0.15, -0.1) is 0 Å². The summed E-state index contributed by atoms with van der Waals surface area (Å²) < 4.78 is 23.9. The number of nitrogens with zero attached hydrogens (tertiary/aromatic N) is 1. The van der Waals surface area contributed by atoms with Gasteiger partial charge in [-0.05, 0) is 31.2 Å². The SMILES string of the molecule is COc1ccc(F)cc1-c1cc(OC)c(C)nc1N. The average molecular weight is 262 g/mol. The molecule has 19 heavy (non-hydrogen) atoms. The van der Waals surface area contributed by atoms with E-state index < -0.39 is 0 Å². The van der Waals surface area contributed by atoms with Gasteiger partial charge in [0.15, 0.2) is 0 Å². The molecular formula is C14H15FN2O2. The molecule has 0 amide bonds. The van der Waals surface area contributed by atoms with Crippen molar-refractivity contribution in [3.63, 3.8) is 0 Å². The zero-order valence-electron chi connectivity index (χ0n) is 11.0. The molecule has 0 spiro atoms. The van der Waals surface area contributed by atoms with Crippen molar-refractivity contribution in [3.05, 3.63) is 35.8 Å². The van der Waals surface area contributed by atoms with E-state index in [4.69, 9.17) is 15.2 Å². The van der Waals surface area contributed by atoms with E-state index in [2.05, 4.69) is 4.98 Å². The molecule has 0 aliphatic heterocycles. The first kappa shape index (κ1) is 13.1. The number of rotatable bonds is 3. The topological polar surface area (TPSA) is 57.4 Å². The van der Waals surface area contributed by atoms with Gasteiger partial charge in [-0.3, -0.25) is 0 Å². The van der Waals surface area contributed by atoms with Gasteiger partial charge in [0.1, 0.15) is 23.1 Å². The van der Waals surface area contributed by atoms with Crippen LogP contribution >= 0.6 is 0 Å². The molecule has 2 N–H and O–H groups in total. The molecule has 0 aliphatic carbocycles. The molecule has 0 unspecified atom stereocenters. The fourth-order valence-electron chi connectivity index (χ4n) is 1.92. The Bertz CT molecular complexity index is 615. The third-order valence-corrected chi connectivity index (χ3v) is 2.87. The van der Waals surface area contributed by atoms with Crippen molar-refractivity contribution in [1.82, 2.24) is 4.98 Å². The molecule has 100 valence electrons. The van der Waals surface area contributed by atoms with E-state index in [0.29, 0.717) is 34.1 Å². The number of benzene rings is 1. The van der Waals surface area contributed by atoms with Crippen LogP contribution in [0.25, 0.3) is 11.1 Å². The molecule has 5 heteroatoms. The summed E-state index contributed by atoms with van der Waals surface area (Å²) in [6, 6.07) is 5.98. The fraction of sp³-hybridized carbons (Fsp3) is 0.214. The first-order chi connectivity index (χ1) is 9.06. The summed E-state index contributed by atoms with van der Waals surface area (Å²) >= 11 is 0. The van der Waals surface area contributed by atoms with Crippen molar-refractivity contribution in [2.45, 2.75) is 6.92 Å². The lowest BCUT2D eigenvalue weighted by Crippen LogP contribution is -2.00. The maximum absolute atomic E-state index is 13.4. The van der Waals surface area contributed by atoms with Crippen LogP contribution < -0.4 is 15.2 Å². The van der Waals surface area contributed by atoms with Crippen molar-refractivity contribution in [3.8, 4) is 22.6 Å². The van der Waals surface area contributed by atoms with Gasteiger partial charge in [-0.25, -0.2) is 9.37 Å². The number of aryl methyl sites for hydroxylation is 1. The molecule has 0 saturated carbocycles. The van der Waals surface area contributed by atoms with Crippen LogP contribution in [0.2, 0.25) is 0 Å². The Balaban J connectivity index is 2.67.